The number of rotatable bonds is 3. The Morgan fingerprint density at radius 2 is 1.74 bits per heavy atom. The van der Waals surface area contributed by atoms with Crippen molar-refractivity contribution >= 4 is 18.8 Å². The second kappa shape index (κ2) is 8.88. The van der Waals surface area contributed by atoms with Gasteiger partial charge in [0.05, 0.1) is 0 Å². The van der Waals surface area contributed by atoms with Crippen molar-refractivity contribution in [2.45, 2.75) is 50.8 Å². The molecule has 0 N–H and O–H groups in total. The van der Waals surface area contributed by atoms with Gasteiger partial charge < -0.3 is 0 Å². The van der Waals surface area contributed by atoms with Gasteiger partial charge in [-0.05, 0) is 43.2 Å². The first kappa shape index (κ1) is 17.7. The molecular weight excluding hydrogens is 300 g/mol. The number of aromatic nitrogens is 1. The van der Waals surface area contributed by atoms with E-state index in [1.165, 1.54) is 36.8 Å². The number of aliphatic imine (C=N–C) groups is 1. The smallest absolute Gasteiger partial charge is 0.0466 e. The summed E-state index contributed by atoms with van der Waals surface area (Å²) < 4.78 is 0. The van der Waals surface area contributed by atoms with Gasteiger partial charge in [-0.15, -0.1) is 12.6 Å². The zero-order valence-electron chi connectivity index (χ0n) is 14.3. The minimum absolute atomic E-state index is 0. The SMILES string of the molecule is C1CCC1.CN=Cc1c(C)cc(Cc2ccc(S)cc2)nc1C.[HH].[HH]. The van der Waals surface area contributed by atoms with Crippen LogP contribution in [-0.4, -0.2) is 18.2 Å². The Balaban J connectivity index is 0.000000846. The van der Waals surface area contributed by atoms with Crippen molar-refractivity contribution in [2.75, 3.05) is 7.05 Å². The Hall–Kier alpha value is -1.61. The van der Waals surface area contributed by atoms with E-state index >= 15 is 0 Å². The van der Waals surface area contributed by atoms with Crippen LogP contribution in [0, 0.1) is 13.8 Å². The molecule has 0 atom stereocenters. The first-order chi connectivity index (χ1) is 11.1. The third-order valence-electron chi connectivity index (χ3n) is 4.09. The molecule has 1 aliphatic carbocycles. The van der Waals surface area contributed by atoms with E-state index in [0.29, 0.717) is 0 Å². The van der Waals surface area contributed by atoms with Gasteiger partial charge in [0.2, 0.25) is 0 Å². The molecule has 0 radical (unpaired) electrons. The Bertz CT molecular complexity index is 639. The van der Waals surface area contributed by atoms with Gasteiger partial charge in [-0.1, -0.05) is 37.8 Å². The van der Waals surface area contributed by atoms with Gasteiger partial charge in [-0.3, -0.25) is 9.98 Å². The lowest BCUT2D eigenvalue weighted by molar-refractivity contribution is 0.504. The Morgan fingerprint density at radius 1 is 1.13 bits per heavy atom. The molecule has 0 amide bonds. The molecule has 2 nitrogen and oxygen atoms in total. The number of hydrogen-bond donors (Lipinski definition) is 1. The first-order valence-corrected chi connectivity index (χ1v) is 8.72. The van der Waals surface area contributed by atoms with Gasteiger partial charge in [-0.25, -0.2) is 0 Å². The second-order valence-electron chi connectivity index (χ2n) is 6.07. The molecule has 1 heterocycles. The van der Waals surface area contributed by atoms with Crippen LogP contribution in [0.5, 0.6) is 0 Å². The summed E-state index contributed by atoms with van der Waals surface area (Å²) in [5.41, 5.74) is 5.72. The largest absolute Gasteiger partial charge is 0.296 e. The molecule has 23 heavy (non-hydrogen) atoms. The summed E-state index contributed by atoms with van der Waals surface area (Å²) in [4.78, 5) is 9.72. The minimum atomic E-state index is 0. The lowest BCUT2D eigenvalue weighted by Crippen LogP contribution is -2.01. The van der Waals surface area contributed by atoms with Crippen molar-refractivity contribution in [1.82, 2.24) is 4.98 Å². The molecule has 1 fully saturated rings. The van der Waals surface area contributed by atoms with E-state index in [1.807, 2.05) is 25.3 Å². The highest BCUT2D eigenvalue weighted by Crippen LogP contribution is 2.16. The Kier molecular flexibility index (Phi) is 6.85. The van der Waals surface area contributed by atoms with Gasteiger partial charge in [0.25, 0.3) is 0 Å². The summed E-state index contributed by atoms with van der Waals surface area (Å²) >= 11 is 4.30. The number of benzene rings is 1. The average molecular weight is 331 g/mol. The number of aryl methyl sites for hydroxylation is 2. The van der Waals surface area contributed by atoms with E-state index in [0.717, 1.165) is 28.3 Å². The molecule has 3 rings (SSSR count). The van der Waals surface area contributed by atoms with Crippen LogP contribution in [0.3, 0.4) is 0 Å². The average Bonchev–Trinajstić information content (AvgIpc) is 2.44. The summed E-state index contributed by atoms with van der Waals surface area (Å²) in [5, 5.41) is 0. The van der Waals surface area contributed by atoms with E-state index in [2.05, 4.69) is 47.7 Å². The van der Waals surface area contributed by atoms with Crippen LogP contribution in [0.25, 0.3) is 0 Å². The quantitative estimate of drug-likeness (QED) is 0.568. The summed E-state index contributed by atoms with van der Waals surface area (Å²) in [7, 11) is 1.78. The van der Waals surface area contributed by atoms with Crippen LogP contribution < -0.4 is 0 Å². The third-order valence-corrected chi connectivity index (χ3v) is 4.39. The van der Waals surface area contributed by atoms with Gasteiger partial charge in [0, 0.05) is 44.4 Å². The topological polar surface area (TPSA) is 25.2 Å². The molecule has 3 heteroatoms. The zero-order chi connectivity index (χ0) is 16.7. The summed E-state index contributed by atoms with van der Waals surface area (Å²) in [6, 6.07) is 10.3. The Labute approximate surface area is 148 Å². The molecule has 0 unspecified atom stereocenters. The van der Waals surface area contributed by atoms with Crippen LogP contribution in [0.2, 0.25) is 0 Å². The predicted octanol–water partition coefficient (Wildman–Crippen LogP) is 5.68. The number of pyridine rings is 1. The van der Waals surface area contributed by atoms with Crippen molar-refractivity contribution < 1.29 is 2.85 Å². The van der Waals surface area contributed by atoms with E-state index in [1.54, 1.807) is 7.05 Å². The molecule has 1 aromatic carbocycles. The molecule has 1 saturated carbocycles. The van der Waals surface area contributed by atoms with Gasteiger partial charge in [0.15, 0.2) is 0 Å². The van der Waals surface area contributed by atoms with Crippen molar-refractivity contribution in [3.63, 3.8) is 0 Å². The highest BCUT2D eigenvalue weighted by atomic mass is 32.1. The van der Waals surface area contributed by atoms with Crippen LogP contribution in [0.15, 0.2) is 40.2 Å². The van der Waals surface area contributed by atoms with E-state index in [-0.39, 0.29) is 2.85 Å². The standard InChI is InChI=1S/C16H18N2S.C4H8.2H2/c1-11-8-14(18-12(2)16(11)10-17-3)9-13-4-6-15(19)7-5-13;1-2-4-3-1;;/h4-8,10,19H,9H2,1-3H3;1-4H2;2*1H. The fraction of sp³-hybridized carbons (Fsp3) is 0.400. The lowest BCUT2D eigenvalue weighted by Gasteiger charge is -2.08. The molecule has 1 aliphatic rings. The van der Waals surface area contributed by atoms with Gasteiger partial charge >= 0.3 is 0 Å². The maximum atomic E-state index is 4.66. The lowest BCUT2D eigenvalue weighted by atomic mass is 10.0. The predicted molar refractivity (Wildman–Crippen MR) is 106 cm³/mol. The van der Waals surface area contributed by atoms with E-state index < -0.39 is 0 Å². The molecule has 2 aromatic rings. The first-order valence-electron chi connectivity index (χ1n) is 8.27. The van der Waals surface area contributed by atoms with Crippen LogP contribution >= 0.6 is 12.6 Å². The number of nitrogens with zero attached hydrogens (tertiary/aromatic N) is 2. The molecule has 0 aliphatic heterocycles. The maximum Gasteiger partial charge on any atom is 0.0466 e. The Morgan fingerprint density at radius 3 is 2.22 bits per heavy atom. The highest BCUT2D eigenvalue weighted by molar-refractivity contribution is 7.80. The summed E-state index contributed by atoms with van der Waals surface area (Å²) in [6.07, 6.45) is 8.72. The normalized spacial score (nSPS) is 13.4. The van der Waals surface area contributed by atoms with Crippen molar-refractivity contribution in [2.24, 2.45) is 4.99 Å². The van der Waals surface area contributed by atoms with Crippen LogP contribution in [0.4, 0.5) is 0 Å². The van der Waals surface area contributed by atoms with E-state index in [9.17, 15) is 0 Å². The van der Waals surface area contributed by atoms with Crippen molar-refractivity contribution in [3.8, 4) is 0 Å². The van der Waals surface area contributed by atoms with Crippen molar-refractivity contribution in [3.05, 3.63) is 58.4 Å². The van der Waals surface area contributed by atoms with Crippen LogP contribution in [-0.2, 0) is 6.42 Å². The fourth-order valence-corrected chi connectivity index (χ4v) is 2.56. The summed E-state index contributed by atoms with van der Waals surface area (Å²) in [5.74, 6) is 0. The molecule has 126 valence electrons. The summed E-state index contributed by atoms with van der Waals surface area (Å²) in [6.45, 7) is 4.14. The zero-order valence-corrected chi connectivity index (χ0v) is 15.2. The molecular formula is C20H30N2S. The van der Waals surface area contributed by atoms with E-state index in [4.69, 9.17) is 0 Å². The third kappa shape index (κ3) is 5.51. The number of thiol groups is 1. The number of hydrogen-bond acceptors (Lipinski definition) is 3. The van der Waals surface area contributed by atoms with Crippen molar-refractivity contribution in [1.29, 1.82) is 0 Å². The maximum absolute atomic E-state index is 4.66. The highest BCUT2D eigenvalue weighted by Gasteiger charge is 2.05. The van der Waals surface area contributed by atoms with Gasteiger partial charge in [-0.2, -0.15) is 0 Å². The molecule has 1 aromatic heterocycles. The fourth-order valence-electron chi connectivity index (χ4n) is 2.41. The monoisotopic (exact) mass is 330 g/mol. The minimum Gasteiger partial charge on any atom is -0.296 e. The molecule has 0 saturated heterocycles. The molecule has 0 bridgehead atoms. The second-order valence-corrected chi connectivity index (χ2v) is 6.59. The molecule has 0 spiro atoms. The van der Waals surface area contributed by atoms with Crippen LogP contribution in [0.1, 0.15) is 56.6 Å². The van der Waals surface area contributed by atoms with Gasteiger partial charge in [0.1, 0.15) is 0 Å².